The van der Waals surface area contributed by atoms with Crippen molar-refractivity contribution in [1.29, 1.82) is 0 Å². The summed E-state index contributed by atoms with van der Waals surface area (Å²) >= 11 is 0. The van der Waals surface area contributed by atoms with E-state index >= 15 is 0 Å². The molecule has 3 heterocycles. The minimum atomic E-state index is -0.156. The van der Waals surface area contributed by atoms with Crippen LogP contribution in [0.25, 0.3) is 22.6 Å². The molecule has 1 aliphatic heterocycles. The molecule has 2 aromatic heterocycles. The van der Waals surface area contributed by atoms with Crippen molar-refractivity contribution in [1.82, 2.24) is 14.3 Å². The van der Waals surface area contributed by atoms with Gasteiger partial charge in [-0.25, -0.2) is 4.98 Å². The Labute approximate surface area is 179 Å². The van der Waals surface area contributed by atoms with E-state index in [2.05, 4.69) is 16.9 Å². The van der Waals surface area contributed by atoms with E-state index in [1.807, 2.05) is 77.5 Å². The Morgan fingerprint density at radius 1 is 0.968 bits per heavy atom. The zero-order chi connectivity index (χ0) is 21.4. The lowest BCUT2D eigenvalue weighted by molar-refractivity contribution is -0.116. The Morgan fingerprint density at radius 2 is 1.71 bits per heavy atom. The van der Waals surface area contributed by atoms with Crippen LogP contribution in [0.5, 0.6) is 0 Å². The highest BCUT2D eigenvalue weighted by Crippen LogP contribution is 2.31. The van der Waals surface area contributed by atoms with E-state index in [0.717, 1.165) is 22.5 Å². The summed E-state index contributed by atoms with van der Waals surface area (Å²) in [7, 11) is 0. The Kier molecular flexibility index (Phi) is 4.59. The second-order valence-electron chi connectivity index (χ2n) is 7.42. The molecular formula is C25H20N4O2. The van der Waals surface area contributed by atoms with Gasteiger partial charge >= 0.3 is 0 Å². The molecule has 1 aliphatic rings. The number of aromatic nitrogens is 2. The number of carbonyl (C=O) groups excluding carboxylic acids is 2. The molecule has 31 heavy (non-hydrogen) atoms. The molecule has 0 unspecified atom stereocenters. The zero-order valence-corrected chi connectivity index (χ0v) is 16.8. The fraction of sp³-hybridized carbons (Fsp3) is 0.0800. The summed E-state index contributed by atoms with van der Waals surface area (Å²) in [6, 6.07) is 20.8. The van der Waals surface area contributed by atoms with Gasteiger partial charge in [-0.15, -0.1) is 0 Å². The fourth-order valence-corrected chi connectivity index (χ4v) is 3.81. The van der Waals surface area contributed by atoms with E-state index < -0.39 is 0 Å². The quantitative estimate of drug-likeness (QED) is 0.530. The van der Waals surface area contributed by atoms with Crippen LogP contribution in [-0.4, -0.2) is 32.6 Å². The lowest BCUT2D eigenvalue weighted by Crippen LogP contribution is -2.27. The minimum Gasteiger partial charge on any atom is -0.326 e. The third-order valence-electron chi connectivity index (χ3n) is 5.43. The first-order valence-corrected chi connectivity index (χ1v) is 10.0. The standard InChI is InChI=1S/C25H20N4O2/c1-17-20-6-2-3-7-21(20)25(31)29(17)15-13-24(30)26-19-11-9-18(10-12-19)22-16-28-14-5-4-8-23(28)27-22/h2-12,14,16H,1,13,15H2,(H,26,30). The fourth-order valence-electron chi connectivity index (χ4n) is 3.81. The van der Waals surface area contributed by atoms with Crippen molar-refractivity contribution in [2.45, 2.75) is 6.42 Å². The molecule has 0 fully saturated rings. The average molecular weight is 408 g/mol. The van der Waals surface area contributed by atoms with Crippen molar-refractivity contribution >= 4 is 28.8 Å². The molecule has 0 radical (unpaired) electrons. The van der Waals surface area contributed by atoms with Gasteiger partial charge < -0.3 is 14.6 Å². The lowest BCUT2D eigenvalue weighted by Gasteiger charge is -2.17. The third-order valence-corrected chi connectivity index (χ3v) is 5.43. The molecule has 0 saturated heterocycles. The number of hydrogen-bond acceptors (Lipinski definition) is 3. The van der Waals surface area contributed by atoms with Crippen LogP contribution in [0.4, 0.5) is 5.69 Å². The number of nitrogens with zero attached hydrogens (tertiary/aromatic N) is 3. The van der Waals surface area contributed by atoms with Crippen LogP contribution >= 0.6 is 0 Å². The van der Waals surface area contributed by atoms with Crippen LogP contribution in [0.15, 0.2) is 85.7 Å². The number of rotatable bonds is 5. The van der Waals surface area contributed by atoms with Crippen molar-refractivity contribution < 1.29 is 9.59 Å². The van der Waals surface area contributed by atoms with E-state index in [9.17, 15) is 9.59 Å². The largest absolute Gasteiger partial charge is 0.326 e. The molecule has 5 rings (SSSR count). The van der Waals surface area contributed by atoms with E-state index in [1.165, 1.54) is 0 Å². The van der Waals surface area contributed by atoms with Gasteiger partial charge in [0.2, 0.25) is 5.91 Å². The monoisotopic (exact) mass is 408 g/mol. The number of imidazole rings is 1. The zero-order valence-electron chi connectivity index (χ0n) is 16.8. The van der Waals surface area contributed by atoms with Gasteiger partial charge in [-0.3, -0.25) is 9.59 Å². The van der Waals surface area contributed by atoms with Gasteiger partial charge in [-0.2, -0.15) is 0 Å². The molecule has 0 atom stereocenters. The summed E-state index contributed by atoms with van der Waals surface area (Å²) in [4.78, 5) is 31.1. The van der Waals surface area contributed by atoms with Gasteiger partial charge in [0.1, 0.15) is 5.65 Å². The molecule has 0 spiro atoms. The van der Waals surface area contributed by atoms with E-state index in [4.69, 9.17) is 0 Å². The number of pyridine rings is 1. The van der Waals surface area contributed by atoms with Crippen LogP contribution in [0.2, 0.25) is 0 Å². The summed E-state index contributed by atoms with van der Waals surface area (Å²) in [6.45, 7) is 4.30. The third kappa shape index (κ3) is 3.48. The minimum absolute atomic E-state index is 0.106. The first kappa shape index (κ1) is 18.8. The highest BCUT2D eigenvalue weighted by Gasteiger charge is 2.30. The van der Waals surface area contributed by atoms with E-state index in [-0.39, 0.29) is 24.8 Å². The Morgan fingerprint density at radius 3 is 2.45 bits per heavy atom. The van der Waals surface area contributed by atoms with Gasteiger partial charge in [-0.1, -0.05) is 43.0 Å². The summed E-state index contributed by atoms with van der Waals surface area (Å²) in [5.74, 6) is -0.262. The Balaban J connectivity index is 1.21. The molecule has 0 saturated carbocycles. The normalized spacial score (nSPS) is 13.0. The van der Waals surface area contributed by atoms with Gasteiger partial charge in [0.15, 0.2) is 0 Å². The Bertz CT molecular complexity index is 1250. The highest BCUT2D eigenvalue weighted by atomic mass is 16.2. The van der Waals surface area contributed by atoms with Crippen molar-refractivity contribution in [3.63, 3.8) is 0 Å². The maximum Gasteiger partial charge on any atom is 0.258 e. The SMILES string of the molecule is C=C1c2ccccc2C(=O)N1CCC(=O)Nc1ccc(-c2cn3ccccc3n2)cc1. The highest BCUT2D eigenvalue weighted by molar-refractivity contribution is 6.09. The topological polar surface area (TPSA) is 66.7 Å². The predicted octanol–water partition coefficient (Wildman–Crippen LogP) is 4.46. The number of benzene rings is 2. The van der Waals surface area contributed by atoms with Crippen molar-refractivity contribution in [3.8, 4) is 11.3 Å². The second kappa shape index (κ2) is 7.57. The number of nitrogens with one attached hydrogen (secondary N) is 1. The van der Waals surface area contributed by atoms with Crippen LogP contribution in [-0.2, 0) is 4.79 Å². The first-order chi connectivity index (χ1) is 15.1. The molecule has 0 bridgehead atoms. The van der Waals surface area contributed by atoms with Crippen LogP contribution in [0.1, 0.15) is 22.3 Å². The number of fused-ring (bicyclic) bond motifs is 2. The van der Waals surface area contributed by atoms with E-state index in [0.29, 0.717) is 16.9 Å². The smallest absolute Gasteiger partial charge is 0.258 e. The summed E-state index contributed by atoms with van der Waals surface area (Å²) in [5, 5.41) is 2.89. The molecule has 152 valence electrons. The van der Waals surface area contributed by atoms with Gasteiger partial charge in [0.05, 0.1) is 5.69 Å². The molecule has 0 aliphatic carbocycles. The van der Waals surface area contributed by atoms with Gasteiger partial charge in [0.25, 0.3) is 5.91 Å². The molecular weight excluding hydrogens is 388 g/mol. The predicted molar refractivity (Wildman–Crippen MR) is 120 cm³/mol. The lowest BCUT2D eigenvalue weighted by atomic mass is 10.1. The number of anilines is 1. The number of amides is 2. The number of hydrogen-bond donors (Lipinski definition) is 1. The maximum absolute atomic E-state index is 12.5. The summed E-state index contributed by atoms with van der Waals surface area (Å²) in [6.07, 6.45) is 4.12. The van der Waals surface area contributed by atoms with Crippen molar-refractivity contribution in [2.75, 3.05) is 11.9 Å². The molecule has 4 aromatic rings. The maximum atomic E-state index is 12.5. The van der Waals surface area contributed by atoms with Crippen molar-refractivity contribution in [3.05, 3.63) is 96.8 Å². The van der Waals surface area contributed by atoms with Crippen molar-refractivity contribution in [2.24, 2.45) is 0 Å². The molecule has 2 amide bonds. The number of carbonyl (C=O) groups is 2. The first-order valence-electron chi connectivity index (χ1n) is 10.0. The summed E-state index contributed by atoms with van der Waals surface area (Å²) in [5.41, 5.74) is 5.53. The second-order valence-corrected chi connectivity index (χ2v) is 7.42. The molecule has 6 nitrogen and oxygen atoms in total. The Hall–Kier alpha value is -4.19. The van der Waals surface area contributed by atoms with Gasteiger partial charge in [0, 0.05) is 53.4 Å². The average Bonchev–Trinajstić information content (AvgIpc) is 3.33. The van der Waals surface area contributed by atoms with Crippen LogP contribution < -0.4 is 5.32 Å². The van der Waals surface area contributed by atoms with E-state index in [1.54, 1.807) is 11.0 Å². The van der Waals surface area contributed by atoms with Crippen LogP contribution in [0, 0.1) is 0 Å². The summed E-state index contributed by atoms with van der Waals surface area (Å²) < 4.78 is 1.97. The van der Waals surface area contributed by atoms with Gasteiger partial charge in [-0.05, 0) is 30.3 Å². The van der Waals surface area contributed by atoms with Crippen LogP contribution in [0.3, 0.4) is 0 Å². The molecule has 6 heteroatoms. The molecule has 1 N–H and O–H groups in total. The molecule has 2 aromatic carbocycles.